The molecule has 0 spiro atoms. The molecule has 0 radical (unpaired) electrons. The summed E-state index contributed by atoms with van der Waals surface area (Å²) in [5.41, 5.74) is 1.68. The van der Waals surface area contributed by atoms with Crippen LogP contribution in [0.3, 0.4) is 0 Å². The molecule has 0 aliphatic carbocycles. The molecular formula is C21H24Cl2N2O3S. The second kappa shape index (κ2) is 8.94. The summed E-state index contributed by atoms with van der Waals surface area (Å²) in [5.74, 6) is 0.669. The normalized spacial score (nSPS) is 15.4. The molecule has 1 amide bonds. The summed E-state index contributed by atoms with van der Waals surface area (Å²) in [7, 11) is -3.59. The fourth-order valence-corrected chi connectivity index (χ4v) is 4.72. The van der Waals surface area contributed by atoms with Crippen LogP contribution in [0.2, 0.25) is 10.0 Å². The predicted molar refractivity (Wildman–Crippen MR) is 118 cm³/mol. The Morgan fingerprint density at radius 3 is 2.31 bits per heavy atom. The number of benzene rings is 2. The van der Waals surface area contributed by atoms with Gasteiger partial charge < -0.3 is 4.90 Å². The van der Waals surface area contributed by atoms with E-state index in [2.05, 4.69) is 6.92 Å². The lowest BCUT2D eigenvalue weighted by atomic mass is 9.98. The molecule has 1 fully saturated rings. The van der Waals surface area contributed by atoms with Crippen molar-refractivity contribution >= 4 is 44.8 Å². The Morgan fingerprint density at radius 2 is 1.72 bits per heavy atom. The monoisotopic (exact) mass is 454 g/mol. The van der Waals surface area contributed by atoms with Gasteiger partial charge in [-0.25, -0.2) is 8.42 Å². The molecule has 5 nitrogen and oxygen atoms in total. The van der Waals surface area contributed by atoms with E-state index in [1.165, 1.54) is 4.31 Å². The van der Waals surface area contributed by atoms with Gasteiger partial charge in [0.25, 0.3) is 5.91 Å². The Hall–Kier alpha value is -1.76. The molecule has 0 atom stereocenters. The molecule has 1 heterocycles. The predicted octanol–water partition coefficient (Wildman–Crippen LogP) is 4.83. The standard InChI is InChI=1S/C21H24Cl2N2O3S/c1-15-10-12-24(13-11-15)21(26)17-8-6-16(7-9-17)14-25(29(2,27)28)19-5-3-4-18(22)20(19)23/h3-9,15H,10-14H2,1-2H3. The number of hydrogen-bond acceptors (Lipinski definition) is 3. The Balaban J connectivity index is 1.79. The van der Waals surface area contributed by atoms with Crippen LogP contribution >= 0.6 is 23.2 Å². The van der Waals surface area contributed by atoms with Crippen LogP contribution in [0.1, 0.15) is 35.7 Å². The number of carbonyl (C=O) groups excluding carboxylic acids is 1. The average molecular weight is 455 g/mol. The summed E-state index contributed by atoms with van der Waals surface area (Å²) in [6, 6.07) is 11.9. The summed E-state index contributed by atoms with van der Waals surface area (Å²) in [6.45, 7) is 3.85. The first kappa shape index (κ1) is 21.9. The molecule has 0 aromatic heterocycles. The number of hydrogen-bond donors (Lipinski definition) is 0. The number of nitrogens with zero attached hydrogens (tertiary/aromatic N) is 2. The van der Waals surface area contributed by atoms with E-state index in [1.807, 2.05) is 4.90 Å². The fourth-order valence-electron chi connectivity index (χ4n) is 3.38. The maximum atomic E-state index is 12.7. The third-order valence-electron chi connectivity index (χ3n) is 5.20. The van der Waals surface area contributed by atoms with Gasteiger partial charge in [-0.3, -0.25) is 9.10 Å². The number of halogens is 2. The van der Waals surface area contributed by atoms with E-state index in [-0.39, 0.29) is 22.5 Å². The van der Waals surface area contributed by atoms with Crippen LogP contribution in [0.25, 0.3) is 0 Å². The van der Waals surface area contributed by atoms with Gasteiger partial charge in [0, 0.05) is 18.7 Å². The largest absolute Gasteiger partial charge is 0.339 e. The number of carbonyl (C=O) groups is 1. The second-order valence-corrected chi connectivity index (χ2v) is 10.2. The number of amides is 1. The van der Waals surface area contributed by atoms with Crippen LogP contribution in [-0.2, 0) is 16.6 Å². The summed E-state index contributed by atoms with van der Waals surface area (Å²) in [6.07, 6.45) is 3.17. The van der Waals surface area contributed by atoms with E-state index in [1.54, 1.807) is 42.5 Å². The summed E-state index contributed by atoms with van der Waals surface area (Å²) < 4.78 is 26.0. The first-order valence-corrected chi connectivity index (χ1v) is 12.1. The zero-order chi connectivity index (χ0) is 21.2. The van der Waals surface area contributed by atoms with Gasteiger partial charge in [-0.15, -0.1) is 0 Å². The summed E-state index contributed by atoms with van der Waals surface area (Å²) in [4.78, 5) is 14.6. The molecule has 0 saturated carbocycles. The van der Waals surface area contributed by atoms with E-state index in [4.69, 9.17) is 23.2 Å². The topological polar surface area (TPSA) is 57.7 Å². The highest BCUT2D eigenvalue weighted by Crippen LogP contribution is 2.34. The number of piperidine rings is 1. The molecule has 0 bridgehead atoms. The fraction of sp³-hybridized carbons (Fsp3) is 0.381. The molecule has 2 aromatic rings. The number of anilines is 1. The maximum absolute atomic E-state index is 12.7. The van der Waals surface area contributed by atoms with Gasteiger partial charge in [0.2, 0.25) is 10.0 Å². The smallest absolute Gasteiger partial charge is 0.253 e. The lowest BCUT2D eigenvalue weighted by Crippen LogP contribution is -2.37. The minimum Gasteiger partial charge on any atom is -0.339 e. The van der Waals surface area contributed by atoms with Crippen LogP contribution in [0.4, 0.5) is 5.69 Å². The molecule has 1 aliphatic rings. The van der Waals surface area contributed by atoms with Crippen molar-refractivity contribution in [2.24, 2.45) is 5.92 Å². The van der Waals surface area contributed by atoms with Crippen LogP contribution in [0, 0.1) is 5.92 Å². The number of sulfonamides is 1. The van der Waals surface area contributed by atoms with Crippen molar-refractivity contribution in [3.05, 3.63) is 63.6 Å². The zero-order valence-corrected chi connectivity index (χ0v) is 18.8. The van der Waals surface area contributed by atoms with Crippen LogP contribution in [0.5, 0.6) is 0 Å². The molecule has 2 aromatic carbocycles. The van der Waals surface area contributed by atoms with Gasteiger partial charge in [-0.2, -0.15) is 0 Å². The van der Waals surface area contributed by atoms with Crippen molar-refractivity contribution in [3.63, 3.8) is 0 Å². The Kier molecular flexibility index (Phi) is 6.76. The highest BCUT2D eigenvalue weighted by atomic mass is 35.5. The van der Waals surface area contributed by atoms with E-state index >= 15 is 0 Å². The quantitative estimate of drug-likeness (QED) is 0.649. The molecule has 1 aliphatic heterocycles. The maximum Gasteiger partial charge on any atom is 0.253 e. The Labute approximate surface area is 182 Å². The number of rotatable bonds is 5. The number of likely N-dealkylation sites (tertiary alicyclic amines) is 1. The third-order valence-corrected chi connectivity index (χ3v) is 7.13. The van der Waals surface area contributed by atoms with Gasteiger partial charge in [0.1, 0.15) is 0 Å². The highest BCUT2D eigenvalue weighted by Gasteiger charge is 2.23. The second-order valence-electron chi connectivity index (χ2n) is 7.51. The van der Waals surface area contributed by atoms with Crippen molar-refractivity contribution in [3.8, 4) is 0 Å². The minimum absolute atomic E-state index is 0.0151. The van der Waals surface area contributed by atoms with E-state index in [0.717, 1.165) is 37.8 Å². The van der Waals surface area contributed by atoms with Crippen LogP contribution in [0.15, 0.2) is 42.5 Å². The third kappa shape index (κ3) is 5.24. The molecule has 0 N–H and O–H groups in total. The molecule has 29 heavy (non-hydrogen) atoms. The SMILES string of the molecule is CC1CCN(C(=O)c2ccc(CN(c3cccc(Cl)c3Cl)S(C)(=O)=O)cc2)CC1. The zero-order valence-electron chi connectivity index (χ0n) is 16.4. The minimum atomic E-state index is -3.59. The van der Waals surface area contributed by atoms with Gasteiger partial charge in [0.15, 0.2) is 0 Å². The first-order valence-electron chi connectivity index (χ1n) is 9.46. The lowest BCUT2D eigenvalue weighted by molar-refractivity contribution is 0.0697. The van der Waals surface area contributed by atoms with Crippen LogP contribution in [-0.4, -0.2) is 38.6 Å². The molecule has 1 saturated heterocycles. The van der Waals surface area contributed by atoms with E-state index in [0.29, 0.717) is 17.2 Å². The average Bonchev–Trinajstić information content (AvgIpc) is 2.68. The highest BCUT2D eigenvalue weighted by molar-refractivity contribution is 7.92. The lowest BCUT2D eigenvalue weighted by Gasteiger charge is -2.30. The Morgan fingerprint density at radius 1 is 1.10 bits per heavy atom. The molecular weight excluding hydrogens is 431 g/mol. The summed E-state index contributed by atoms with van der Waals surface area (Å²) in [5, 5.41) is 0.473. The van der Waals surface area contributed by atoms with Gasteiger partial charge in [-0.05, 0) is 48.6 Å². The van der Waals surface area contributed by atoms with Gasteiger partial charge in [0.05, 0.1) is 28.5 Å². The van der Waals surface area contributed by atoms with Crippen molar-refractivity contribution in [2.75, 3.05) is 23.7 Å². The van der Waals surface area contributed by atoms with Gasteiger partial charge in [-0.1, -0.05) is 48.3 Å². The van der Waals surface area contributed by atoms with Crippen molar-refractivity contribution < 1.29 is 13.2 Å². The molecule has 0 unspecified atom stereocenters. The first-order chi connectivity index (χ1) is 13.7. The molecule has 8 heteroatoms. The molecule has 3 rings (SSSR count). The van der Waals surface area contributed by atoms with Crippen LogP contribution < -0.4 is 4.31 Å². The Bertz CT molecular complexity index is 985. The van der Waals surface area contributed by atoms with Crippen molar-refractivity contribution in [2.45, 2.75) is 26.3 Å². The van der Waals surface area contributed by atoms with E-state index < -0.39 is 10.0 Å². The summed E-state index contributed by atoms with van der Waals surface area (Å²) >= 11 is 12.3. The van der Waals surface area contributed by atoms with Crippen molar-refractivity contribution in [1.29, 1.82) is 0 Å². The van der Waals surface area contributed by atoms with Crippen molar-refractivity contribution in [1.82, 2.24) is 4.90 Å². The van der Waals surface area contributed by atoms with E-state index in [9.17, 15) is 13.2 Å². The van der Waals surface area contributed by atoms with Gasteiger partial charge >= 0.3 is 0 Å². The molecule has 156 valence electrons.